The highest BCUT2D eigenvalue weighted by Gasteiger charge is 2.36. The predicted octanol–water partition coefficient (Wildman–Crippen LogP) is 5.41. The average molecular weight is 496 g/mol. The van der Waals surface area contributed by atoms with Crippen LogP contribution in [0.3, 0.4) is 0 Å². The number of ether oxygens (including phenoxy) is 1. The molecule has 1 aromatic rings. The summed E-state index contributed by atoms with van der Waals surface area (Å²) in [5.41, 5.74) is 0.346. The van der Waals surface area contributed by atoms with Crippen LogP contribution in [0.25, 0.3) is 0 Å². The number of likely N-dealkylation sites (tertiary alicyclic amines) is 2. The summed E-state index contributed by atoms with van der Waals surface area (Å²) in [6.45, 7) is 8.55. The molecule has 35 heavy (non-hydrogen) atoms. The Bertz CT molecular complexity index is 928. The van der Waals surface area contributed by atoms with Gasteiger partial charge in [-0.2, -0.15) is 13.2 Å². The molecule has 1 aromatic carbocycles. The van der Waals surface area contributed by atoms with Crippen LogP contribution in [0, 0.1) is 0 Å². The molecule has 3 fully saturated rings. The number of amides is 2. The lowest BCUT2D eigenvalue weighted by atomic mass is 9.86. The summed E-state index contributed by atoms with van der Waals surface area (Å²) < 4.78 is 46.2. The van der Waals surface area contributed by atoms with E-state index in [0.717, 1.165) is 31.4 Å². The van der Waals surface area contributed by atoms with Crippen LogP contribution in [0.5, 0.6) is 0 Å². The summed E-state index contributed by atoms with van der Waals surface area (Å²) in [6, 6.07) is 4.26. The van der Waals surface area contributed by atoms with Gasteiger partial charge in [0, 0.05) is 50.9 Å². The Hall–Kier alpha value is -2.45. The average Bonchev–Trinajstić information content (AvgIpc) is 3.23. The van der Waals surface area contributed by atoms with E-state index >= 15 is 0 Å². The first-order chi connectivity index (χ1) is 16.4. The Morgan fingerprint density at radius 3 is 2.17 bits per heavy atom. The third-order valence-electron chi connectivity index (χ3n) is 7.30. The lowest BCUT2D eigenvalue weighted by molar-refractivity contribution is -0.137. The van der Waals surface area contributed by atoms with Gasteiger partial charge in [0.1, 0.15) is 5.60 Å². The summed E-state index contributed by atoms with van der Waals surface area (Å²) in [4.78, 5) is 30.3. The molecule has 0 radical (unpaired) electrons. The van der Waals surface area contributed by atoms with E-state index in [4.69, 9.17) is 4.74 Å². The molecule has 0 N–H and O–H groups in total. The highest BCUT2D eigenvalue weighted by atomic mass is 19.4. The Labute approximate surface area is 205 Å². The zero-order chi connectivity index (χ0) is 25.4. The van der Waals surface area contributed by atoms with Gasteiger partial charge >= 0.3 is 12.3 Å². The van der Waals surface area contributed by atoms with Gasteiger partial charge in [0.05, 0.1) is 5.56 Å². The number of alkyl halides is 3. The van der Waals surface area contributed by atoms with E-state index in [1.807, 2.05) is 25.7 Å². The van der Waals surface area contributed by atoms with E-state index in [0.29, 0.717) is 51.1 Å². The van der Waals surface area contributed by atoms with Crippen molar-refractivity contribution in [2.45, 2.75) is 83.0 Å². The normalized spacial score (nSPS) is 21.1. The second-order valence-electron chi connectivity index (χ2n) is 10.9. The van der Waals surface area contributed by atoms with E-state index in [2.05, 4.69) is 4.90 Å². The molecule has 0 saturated carbocycles. The fourth-order valence-corrected chi connectivity index (χ4v) is 5.51. The fraction of sp³-hybridized carbons (Fsp3) is 0.692. The fourth-order valence-electron chi connectivity index (χ4n) is 5.51. The van der Waals surface area contributed by atoms with Crippen molar-refractivity contribution in [2.24, 2.45) is 0 Å². The predicted molar refractivity (Wildman–Crippen MR) is 127 cm³/mol. The first kappa shape index (κ1) is 25.6. The summed E-state index contributed by atoms with van der Waals surface area (Å²) >= 11 is 0. The molecule has 3 heterocycles. The van der Waals surface area contributed by atoms with Crippen molar-refractivity contribution in [1.29, 1.82) is 0 Å². The lowest BCUT2D eigenvalue weighted by Crippen LogP contribution is -2.46. The van der Waals surface area contributed by atoms with Crippen LogP contribution in [0.2, 0.25) is 0 Å². The van der Waals surface area contributed by atoms with Crippen molar-refractivity contribution >= 4 is 17.7 Å². The van der Waals surface area contributed by atoms with Gasteiger partial charge in [0.25, 0.3) is 0 Å². The molecule has 6 nitrogen and oxygen atoms in total. The summed E-state index contributed by atoms with van der Waals surface area (Å²) in [5.74, 6) is 0.267. The van der Waals surface area contributed by atoms with Crippen LogP contribution >= 0.6 is 0 Å². The van der Waals surface area contributed by atoms with Crippen molar-refractivity contribution in [3.05, 3.63) is 29.3 Å². The van der Waals surface area contributed by atoms with E-state index in [9.17, 15) is 22.8 Å². The molecule has 0 unspecified atom stereocenters. The summed E-state index contributed by atoms with van der Waals surface area (Å²) in [6.07, 6.45) is -0.391. The number of carbonyl (C=O) groups excluding carboxylic acids is 2. The van der Waals surface area contributed by atoms with Crippen molar-refractivity contribution < 1.29 is 27.5 Å². The number of rotatable bonds is 3. The van der Waals surface area contributed by atoms with Crippen molar-refractivity contribution in [2.75, 3.05) is 37.6 Å². The summed E-state index contributed by atoms with van der Waals surface area (Å²) in [7, 11) is 0. The maximum absolute atomic E-state index is 13.6. The number of hydrogen-bond donors (Lipinski definition) is 0. The smallest absolute Gasteiger partial charge is 0.416 e. The van der Waals surface area contributed by atoms with Crippen molar-refractivity contribution in [1.82, 2.24) is 9.80 Å². The van der Waals surface area contributed by atoms with E-state index in [1.165, 1.54) is 12.1 Å². The van der Waals surface area contributed by atoms with Crippen LogP contribution in [0.1, 0.15) is 76.3 Å². The molecular weight excluding hydrogens is 459 g/mol. The Morgan fingerprint density at radius 1 is 0.971 bits per heavy atom. The number of piperidine rings is 2. The molecular formula is C26H36F3N3O3. The zero-order valence-electron chi connectivity index (χ0n) is 20.9. The third kappa shape index (κ3) is 6.04. The largest absolute Gasteiger partial charge is 0.444 e. The third-order valence-corrected chi connectivity index (χ3v) is 7.30. The van der Waals surface area contributed by atoms with Gasteiger partial charge < -0.3 is 19.4 Å². The Balaban J connectivity index is 1.48. The van der Waals surface area contributed by atoms with Gasteiger partial charge in [-0.15, -0.1) is 0 Å². The highest BCUT2D eigenvalue weighted by Crippen LogP contribution is 2.40. The topological polar surface area (TPSA) is 53.1 Å². The van der Waals surface area contributed by atoms with Crippen LogP contribution in [-0.4, -0.2) is 66.2 Å². The second kappa shape index (κ2) is 9.90. The van der Waals surface area contributed by atoms with Gasteiger partial charge in [0.15, 0.2) is 0 Å². The monoisotopic (exact) mass is 495 g/mol. The van der Waals surface area contributed by atoms with Crippen LogP contribution in [0.4, 0.5) is 23.7 Å². The van der Waals surface area contributed by atoms with Crippen molar-refractivity contribution in [3.63, 3.8) is 0 Å². The van der Waals surface area contributed by atoms with Gasteiger partial charge in [-0.25, -0.2) is 4.79 Å². The van der Waals surface area contributed by atoms with E-state index in [1.54, 1.807) is 11.0 Å². The standard InChI is InChI=1S/C26H36F3N3O3/c1-25(2,3)35-24(34)31-13-8-18(9-14-31)21-7-6-19(26(27,28)29)17-22(21)30-15-10-20(11-16-30)32-12-4-5-23(32)33/h6-7,17-18,20H,4-5,8-16H2,1-3H3. The minimum absolute atomic E-state index is 0.0730. The van der Waals surface area contributed by atoms with E-state index < -0.39 is 17.3 Å². The maximum Gasteiger partial charge on any atom is 0.416 e. The molecule has 9 heteroatoms. The van der Waals surface area contributed by atoms with E-state index in [-0.39, 0.29) is 24.0 Å². The molecule has 0 spiro atoms. The van der Waals surface area contributed by atoms with Gasteiger partial charge in [-0.05, 0) is 76.5 Å². The van der Waals surface area contributed by atoms with Gasteiger partial charge in [0.2, 0.25) is 5.91 Å². The minimum atomic E-state index is -4.41. The quantitative estimate of drug-likeness (QED) is 0.563. The number of halogens is 3. The molecule has 0 aliphatic carbocycles. The van der Waals surface area contributed by atoms with Gasteiger partial charge in [-0.1, -0.05) is 6.07 Å². The molecule has 0 aromatic heterocycles. The number of anilines is 1. The molecule has 194 valence electrons. The van der Waals surface area contributed by atoms with Crippen molar-refractivity contribution in [3.8, 4) is 0 Å². The lowest BCUT2D eigenvalue weighted by Gasteiger charge is -2.40. The number of nitrogens with zero attached hydrogens (tertiary/aromatic N) is 3. The summed E-state index contributed by atoms with van der Waals surface area (Å²) in [5, 5.41) is 0. The minimum Gasteiger partial charge on any atom is -0.444 e. The Kier molecular flexibility index (Phi) is 7.25. The van der Waals surface area contributed by atoms with Crippen LogP contribution < -0.4 is 4.90 Å². The SMILES string of the molecule is CC(C)(C)OC(=O)N1CCC(c2ccc(C(F)(F)F)cc2N2CCC(N3CCCC3=O)CC2)CC1. The number of carbonyl (C=O) groups is 2. The first-order valence-corrected chi connectivity index (χ1v) is 12.7. The molecule has 0 atom stereocenters. The number of hydrogen-bond acceptors (Lipinski definition) is 4. The van der Waals surface area contributed by atoms with Crippen LogP contribution in [-0.2, 0) is 15.7 Å². The van der Waals surface area contributed by atoms with Crippen LogP contribution in [0.15, 0.2) is 18.2 Å². The van der Waals surface area contributed by atoms with Gasteiger partial charge in [-0.3, -0.25) is 4.79 Å². The molecule has 3 aliphatic heterocycles. The zero-order valence-corrected chi connectivity index (χ0v) is 20.9. The molecule has 4 rings (SSSR count). The molecule has 0 bridgehead atoms. The Morgan fingerprint density at radius 2 is 1.63 bits per heavy atom. The molecule has 3 saturated heterocycles. The molecule has 3 aliphatic rings. The number of benzene rings is 1. The molecule has 2 amide bonds. The maximum atomic E-state index is 13.6. The first-order valence-electron chi connectivity index (χ1n) is 12.7. The highest BCUT2D eigenvalue weighted by molar-refractivity contribution is 5.78. The second-order valence-corrected chi connectivity index (χ2v) is 10.9.